The highest BCUT2D eigenvalue weighted by atomic mass is 16.5. The summed E-state index contributed by atoms with van der Waals surface area (Å²) in [6.07, 6.45) is 2.97. The molecule has 0 unspecified atom stereocenters. The lowest BCUT2D eigenvalue weighted by molar-refractivity contribution is 0.0685. The number of carbonyl (C=O) groups is 1. The third kappa shape index (κ3) is 2.39. The Kier molecular flexibility index (Phi) is 3.40. The molecule has 7 nitrogen and oxygen atoms in total. The van der Waals surface area contributed by atoms with Crippen molar-refractivity contribution >= 4 is 5.97 Å². The van der Waals surface area contributed by atoms with E-state index in [1.807, 2.05) is 6.92 Å². The van der Waals surface area contributed by atoms with Crippen LogP contribution in [0.15, 0.2) is 10.7 Å². The summed E-state index contributed by atoms with van der Waals surface area (Å²) in [7, 11) is 0. The van der Waals surface area contributed by atoms with Crippen LogP contribution in [0, 0.1) is 6.92 Å². The largest absolute Gasteiger partial charge is 0.477 e. The van der Waals surface area contributed by atoms with Crippen LogP contribution in [-0.2, 0) is 13.0 Å². The van der Waals surface area contributed by atoms with Gasteiger partial charge in [0, 0.05) is 6.42 Å². The molecule has 0 aliphatic heterocycles. The minimum absolute atomic E-state index is 0.120. The molecule has 1 N–H and O–H groups in total. The zero-order valence-electron chi connectivity index (χ0n) is 10.3. The van der Waals surface area contributed by atoms with Gasteiger partial charge < -0.3 is 14.2 Å². The van der Waals surface area contributed by atoms with Crippen molar-refractivity contribution in [1.29, 1.82) is 0 Å². The van der Waals surface area contributed by atoms with Crippen LogP contribution in [0.4, 0.5) is 0 Å². The van der Waals surface area contributed by atoms with Crippen molar-refractivity contribution in [2.75, 3.05) is 0 Å². The number of aromatic carboxylic acids is 1. The summed E-state index contributed by atoms with van der Waals surface area (Å²) in [5, 5.41) is 12.8. The second-order valence-corrected chi connectivity index (χ2v) is 3.94. The molecule has 2 aromatic rings. The zero-order valence-corrected chi connectivity index (χ0v) is 10.3. The van der Waals surface area contributed by atoms with Gasteiger partial charge in [-0.15, -0.1) is 0 Å². The lowest BCUT2D eigenvalue weighted by atomic mass is 10.3. The van der Waals surface area contributed by atoms with Gasteiger partial charge in [-0.1, -0.05) is 12.1 Å². The third-order valence-corrected chi connectivity index (χ3v) is 2.55. The van der Waals surface area contributed by atoms with Gasteiger partial charge in [-0.25, -0.2) is 9.78 Å². The summed E-state index contributed by atoms with van der Waals surface area (Å²) in [6.45, 7) is 4.01. The fourth-order valence-electron chi connectivity index (χ4n) is 1.65. The number of rotatable bonds is 5. The number of hydrogen-bond donors (Lipinski definition) is 1. The molecule has 0 bridgehead atoms. The molecule has 2 aromatic heterocycles. The van der Waals surface area contributed by atoms with Gasteiger partial charge in [0.05, 0.1) is 12.7 Å². The Labute approximate surface area is 103 Å². The van der Waals surface area contributed by atoms with Gasteiger partial charge in [-0.2, -0.15) is 4.98 Å². The average Bonchev–Trinajstić information content (AvgIpc) is 2.89. The number of nitrogens with zero attached hydrogens (tertiary/aromatic N) is 4. The maximum atomic E-state index is 11.0. The number of aromatic nitrogens is 4. The highest BCUT2D eigenvalue weighted by Gasteiger charge is 2.15. The van der Waals surface area contributed by atoms with Crippen LogP contribution in [-0.4, -0.2) is 30.8 Å². The van der Waals surface area contributed by atoms with E-state index in [0.717, 1.165) is 12.8 Å². The highest BCUT2D eigenvalue weighted by Crippen LogP contribution is 2.09. The van der Waals surface area contributed by atoms with Crippen molar-refractivity contribution in [3.05, 3.63) is 29.4 Å². The molecule has 0 fully saturated rings. The van der Waals surface area contributed by atoms with Crippen LogP contribution >= 0.6 is 0 Å². The first-order valence-electron chi connectivity index (χ1n) is 5.68. The van der Waals surface area contributed by atoms with Gasteiger partial charge in [-0.3, -0.25) is 0 Å². The Bertz CT molecular complexity index is 558. The van der Waals surface area contributed by atoms with E-state index in [9.17, 15) is 4.79 Å². The molecule has 18 heavy (non-hydrogen) atoms. The van der Waals surface area contributed by atoms with Crippen LogP contribution in [0.3, 0.4) is 0 Å². The standard InChI is InChI=1S/C11H14N4O3/c1-3-4-10-13-9(14-18-10)6-15-7(2)12-5-8(15)11(16)17/h5H,3-4,6H2,1-2H3,(H,16,17). The molecule has 0 spiro atoms. The zero-order chi connectivity index (χ0) is 13.1. The second-order valence-electron chi connectivity index (χ2n) is 3.94. The summed E-state index contributed by atoms with van der Waals surface area (Å²) >= 11 is 0. The lowest BCUT2D eigenvalue weighted by Crippen LogP contribution is -2.11. The van der Waals surface area contributed by atoms with Gasteiger partial charge in [0.1, 0.15) is 11.5 Å². The quantitative estimate of drug-likeness (QED) is 0.858. The van der Waals surface area contributed by atoms with E-state index in [1.54, 1.807) is 11.5 Å². The minimum Gasteiger partial charge on any atom is -0.477 e. The van der Waals surface area contributed by atoms with Gasteiger partial charge in [-0.05, 0) is 13.3 Å². The smallest absolute Gasteiger partial charge is 0.354 e. The molecule has 2 rings (SSSR count). The number of hydrogen-bond acceptors (Lipinski definition) is 5. The van der Waals surface area contributed by atoms with Crippen molar-refractivity contribution in [1.82, 2.24) is 19.7 Å². The summed E-state index contributed by atoms with van der Waals surface area (Å²) in [4.78, 5) is 19.2. The molecule has 0 aliphatic rings. The van der Waals surface area contributed by atoms with E-state index in [1.165, 1.54) is 6.20 Å². The van der Waals surface area contributed by atoms with Crippen LogP contribution in [0.25, 0.3) is 0 Å². The molecule has 0 aliphatic carbocycles. The van der Waals surface area contributed by atoms with Crippen molar-refractivity contribution in [3.63, 3.8) is 0 Å². The SMILES string of the molecule is CCCc1nc(Cn2c(C(=O)O)cnc2C)no1. The fraction of sp³-hybridized carbons (Fsp3) is 0.455. The Hall–Kier alpha value is -2.18. The van der Waals surface area contributed by atoms with E-state index in [4.69, 9.17) is 9.63 Å². The molecule has 0 atom stereocenters. The van der Waals surface area contributed by atoms with Gasteiger partial charge in [0.15, 0.2) is 5.82 Å². The van der Waals surface area contributed by atoms with E-state index in [-0.39, 0.29) is 12.2 Å². The number of carboxylic acids is 1. The molecule has 2 heterocycles. The molecule has 7 heteroatoms. The van der Waals surface area contributed by atoms with E-state index < -0.39 is 5.97 Å². The molecule has 0 aromatic carbocycles. The molecule has 0 amide bonds. The van der Waals surface area contributed by atoms with E-state index in [0.29, 0.717) is 17.5 Å². The summed E-state index contributed by atoms with van der Waals surface area (Å²) in [6, 6.07) is 0. The first-order valence-corrected chi connectivity index (χ1v) is 5.68. The highest BCUT2D eigenvalue weighted by molar-refractivity contribution is 5.85. The molecule has 0 radical (unpaired) electrons. The fourth-order valence-corrected chi connectivity index (χ4v) is 1.65. The predicted octanol–water partition coefficient (Wildman–Crippen LogP) is 1.27. The Morgan fingerprint density at radius 2 is 2.33 bits per heavy atom. The maximum Gasteiger partial charge on any atom is 0.354 e. The summed E-state index contributed by atoms with van der Waals surface area (Å²) < 4.78 is 6.60. The van der Waals surface area contributed by atoms with Crippen LogP contribution < -0.4 is 0 Å². The van der Waals surface area contributed by atoms with Crippen LogP contribution in [0.5, 0.6) is 0 Å². The second kappa shape index (κ2) is 4.99. The van der Waals surface area contributed by atoms with Gasteiger partial charge >= 0.3 is 5.97 Å². The lowest BCUT2D eigenvalue weighted by Gasteiger charge is -2.03. The molecule has 0 saturated carbocycles. The number of imidazole rings is 1. The Morgan fingerprint density at radius 3 is 3.00 bits per heavy atom. The summed E-state index contributed by atoms with van der Waals surface area (Å²) in [5.74, 6) is 0.617. The summed E-state index contributed by atoms with van der Waals surface area (Å²) in [5.41, 5.74) is 0.120. The molecular formula is C11H14N4O3. The number of aryl methyl sites for hydroxylation is 2. The van der Waals surface area contributed by atoms with Crippen LogP contribution in [0.2, 0.25) is 0 Å². The van der Waals surface area contributed by atoms with Crippen molar-refractivity contribution in [2.45, 2.75) is 33.2 Å². The Balaban J connectivity index is 2.22. The monoisotopic (exact) mass is 250 g/mol. The van der Waals surface area contributed by atoms with Gasteiger partial charge in [0.2, 0.25) is 5.89 Å². The van der Waals surface area contributed by atoms with Crippen molar-refractivity contribution in [2.24, 2.45) is 0 Å². The predicted molar refractivity (Wildman–Crippen MR) is 61.3 cm³/mol. The van der Waals surface area contributed by atoms with E-state index >= 15 is 0 Å². The molecular weight excluding hydrogens is 236 g/mol. The van der Waals surface area contributed by atoms with Crippen LogP contribution in [0.1, 0.15) is 41.4 Å². The average molecular weight is 250 g/mol. The number of carboxylic acid groups (broad SMARTS) is 1. The van der Waals surface area contributed by atoms with E-state index in [2.05, 4.69) is 15.1 Å². The maximum absolute atomic E-state index is 11.0. The first-order chi connectivity index (χ1) is 8.61. The van der Waals surface area contributed by atoms with Crippen molar-refractivity contribution in [3.8, 4) is 0 Å². The molecule has 0 saturated heterocycles. The Morgan fingerprint density at radius 1 is 1.56 bits per heavy atom. The molecule has 96 valence electrons. The minimum atomic E-state index is -1.02. The normalized spacial score (nSPS) is 10.8. The van der Waals surface area contributed by atoms with Crippen molar-refractivity contribution < 1.29 is 14.4 Å². The van der Waals surface area contributed by atoms with Gasteiger partial charge in [0.25, 0.3) is 0 Å². The first kappa shape index (κ1) is 12.3. The third-order valence-electron chi connectivity index (χ3n) is 2.55. The topological polar surface area (TPSA) is 94.0 Å².